The van der Waals surface area contributed by atoms with Gasteiger partial charge in [-0.2, -0.15) is 4.98 Å². The van der Waals surface area contributed by atoms with E-state index in [4.69, 9.17) is 0 Å². The number of carbonyl (C=O) groups is 1. The summed E-state index contributed by atoms with van der Waals surface area (Å²) >= 11 is 0. The fraction of sp³-hybridized carbons (Fsp3) is 0.333. The van der Waals surface area contributed by atoms with Gasteiger partial charge in [0.15, 0.2) is 0 Å². The maximum atomic E-state index is 12.0. The lowest BCUT2D eigenvalue weighted by Gasteiger charge is -2.23. The highest BCUT2D eigenvalue weighted by molar-refractivity contribution is 5.75. The number of nitrogens with one attached hydrogen (secondary N) is 1. The summed E-state index contributed by atoms with van der Waals surface area (Å²) < 4.78 is 1.74. The number of carbonyl (C=O) groups excluding carboxylic acids is 1. The highest BCUT2D eigenvalue weighted by Gasteiger charge is 2.19. The molecule has 8 heteroatoms. The van der Waals surface area contributed by atoms with Crippen LogP contribution in [0.15, 0.2) is 55.0 Å². The van der Waals surface area contributed by atoms with Crippen molar-refractivity contribution in [2.75, 3.05) is 36.4 Å². The fourth-order valence-corrected chi connectivity index (χ4v) is 3.44. The van der Waals surface area contributed by atoms with Gasteiger partial charge in [-0.05, 0) is 24.6 Å². The smallest absolute Gasteiger partial charge is 0.246 e. The molecule has 3 heterocycles. The highest BCUT2D eigenvalue weighted by atomic mass is 16.2. The van der Waals surface area contributed by atoms with Crippen LogP contribution in [0.2, 0.25) is 0 Å². The Hall–Kier alpha value is -3.42. The molecule has 1 fully saturated rings. The van der Waals surface area contributed by atoms with Crippen LogP contribution in [0.1, 0.15) is 19.8 Å². The number of nitrogens with zero attached hydrogens (tertiary/aromatic N) is 6. The zero-order chi connectivity index (χ0) is 20.1. The van der Waals surface area contributed by atoms with Crippen LogP contribution in [0.25, 0.3) is 5.69 Å². The molecule has 0 bridgehead atoms. The lowest BCUT2D eigenvalue weighted by molar-refractivity contribution is -0.130. The number of aromatic nitrogens is 4. The second-order valence-corrected chi connectivity index (χ2v) is 6.95. The van der Waals surface area contributed by atoms with Crippen LogP contribution in [0.4, 0.5) is 17.5 Å². The monoisotopic (exact) mass is 391 g/mol. The number of para-hydroxylation sites is 1. The Morgan fingerprint density at radius 1 is 1.07 bits per heavy atom. The summed E-state index contributed by atoms with van der Waals surface area (Å²) in [5.41, 5.74) is 1.84. The number of amides is 1. The quantitative estimate of drug-likeness (QED) is 0.721. The Morgan fingerprint density at radius 3 is 2.76 bits per heavy atom. The van der Waals surface area contributed by atoms with Gasteiger partial charge in [-0.15, -0.1) is 5.10 Å². The summed E-state index contributed by atoms with van der Waals surface area (Å²) in [7, 11) is 0. The molecule has 1 saturated heterocycles. The van der Waals surface area contributed by atoms with Crippen molar-refractivity contribution < 1.29 is 4.79 Å². The Balaban J connectivity index is 1.47. The molecular formula is C21H25N7O. The Labute approximate surface area is 170 Å². The summed E-state index contributed by atoms with van der Waals surface area (Å²) in [6.45, 7) is 5.10. The van der Waals surface area contributed by atoms with E-state index in [9.17, 15) is 4.79 Å². The van der Waals surface area contributed by atoms with Crippen LogP contribution in [-0.2, 0) is 4.79 Å². The Kier molecular flexibility index (Phi) is 5.69. The predicted molar refractivity (Wildman–Crippen MR) is 113 cm³/mol. The largest absolute Gasteiger partial charge is 0.355 e. The molecule has 0 unspecified atom stereocenters. The van der Waals surface area contributed by atoms with E-state index in [1.807, 2.05) is 54.3 Å². The normalized spacial score (nSPS) is 14.5. The second kappa shape index (κ2) is 8.72. The number of benzene rings is 1. The van der Waals surface area contributed by atoms with Crippen molar-refractivity contribution in [3.05, 3.63) is 55.0 Å². The molecule has 1 aliphatic heterocycles. The molecule has 4 rings (SSSR count). The van der Waals surface area contributed by atoms with E-state index in [1.165, 1.54) is 0 Å². The maximum absolute atomic E-state index is 12.0. The van der Waals surface area contributed by atoms with Crippen molar-refractivity contribution in [1.82, 2.24) is 24.6 Å². The topological polar surface area (TPSA) is 79.2 Å². The molecule has 150 valence electrons. The third-order valence-electron chi connectivity index (χ3n) is 4.99. The second-order valence-electron chi connectivity index (χ2n) is 6.95. The van der Waals surface area contributed by atoms with E-state index in [1.54, 1.807) is 17.2 Å². The Bertz CT molecular complexity index is 956. The predicted octanol–water partition coefficient (Wildman–Crippen LogP) is 2.85. The highest BCUT2D eigenvalue weighted by Crippen LogP contribution is 2.19. The maximum Gasteiger partial charge on any atom is 0.246 e. The molecule has 1 amide bonds. The molecule has 0 radical (unpaired) electrons. The molecule has 3 aromatic rings. The summed E-state index contributed by atoms with van der Waals surface area (Å²) in [6.07, 6.45) is 4.97. The fourth-order valence-electron chi connectivity index (χ4n) is 3.44. The number of rotatable bonds is 5. The molecule has 1 aromatic carbocycles. The zero-order valence-electron chi connectivity index (χ0n) is 16.5. The number of anilines is 3. The van der Waals surface area contributed by atoms with Crippen molar-refractivity contribution >= 4 is 23.4 Å². The van der Waals surface area contributed by atoms with Crippen LogP contribution >= 0.6 is 0 Å². The molecular weight excluding hydrogens is 366 g/mol. The first-order valence-electron chi connectivity index (χ1n) is 9.96. The van der Waals surface area contributed by atoms with Gasteiger partial charge in [0.1, 0.15) is 12.1 Å². The zero-order valence-corrected chi connectivity index (χ0v) is 16.5. The summed E-state index contributed by atoms with van der Waals surface area (Å²) in [6, 6.07) is 13.8. The SMILES string of the molecule is CCC(=O)N1CCCN(c2cc(-n3cnc(Nc4ccccc4)n3)ccn2)CC1. The number of pyridine rings is 1. The van der Waals surface area contributed by atoms with Gasteiger partial charge in [0.25, 0.3) is 0 Å². The van der Waals surface area contributed by atoms with Gasteiger partial charge in [0, 0.05) is 50.6 Å². The molecule has 1 aliphatic rings. The van der Waals surface area contributed by atoms with E-state index < -0.39 is 0 Å². The van der Waals surface area contributed by atoms with E-state index in [0.29, 0.717) is 12.4 Å². The van der Waals surface area contributed by atoms with E-state index in [0.717, 1.165) is 49.8 Å². The minimum atomic E-state index is 0.217. The summed E-state index contributed by atoms with van der Waals surface area (Å²) in [5, 5.41) is 7.72. The number of hydrogen-bond acceptors (Lipinski definition) is 6. The molecule has 29 heavy (non-hydrogen) atoms. The van der Waals surface area contributed by atoms with E-state index in [-0.39, 0.29) is 5.91 Å². The first-order chi connectivity index (χ1) is 14.2. The molecule has 2 aromatic heterocycles. The van der Waals surface area contributed by atoms with Crippen molar-refractivity contribution in [1.29, 1.82) is 0 Å². The van der Waals surface area contributed by atoms with Crippen LogP contribution < -0.4 is 10.2 Å². The van der Waals surface area contributed by atoms with Gasteiger partial charge in [-0.3, -0.25) is 4.79 Å². The molecule has 0 spiro atoms. The summed E-state index contributed by atoms with van der Waals surface area (Å²) in [4.78, 5) is 25.1. The van der Waals surface area contributed by atoms with Gasteiger partial charge in [0.2, 0.25) is 11.9 Å². The lowest BCUT2D eigenvalue weighted by atomic mass is 10.3. The standard InChI is InChI=1S/C21H25N7O/c1-2-20(29)27-12-6-11-26(13-14-27)19-15-18(9-10-22-19)28-16-23-21(25-28)24-17-7-4-3-5-8-17/h3-5,7-10,15-16H,2,6,11-14H2,1H3,(H,24,25). The average molecular weight is 391 g/mol. The third-order valence-corrected chi connectivity index (χ3v) is 4.99. The first kappa shape index (κ1) is 18.9. The first-order valence-corrected chi connectivity index (χ1v) is 9.96. The Morgan fingerprint density at radius 2 is 1.93 bits per heavy atom. The number of hydrogen-bond donors (Lipinski definition) is 1. The lowest BCUT2D eigenvalue weighted by Crippen LogP contribution is -2.34. The van der Waals surface area contributed by atoms with Gasteiger partial charge >= 0.3 is 0 Å². The molecule has 0 aliphatic carbocycles. The third kappa shape index (κ3) is 4.53. The van der Waals surface area contributed by atoms with Gasteiger partial charge in [0.05, 0.1) is 5.69 Å². The van der Waals surface area contributed by atoms with Crippen molar-refractivity contribution in [2.24, 2.45) is 0 Å². The van der Waals surface area contributed by atoms with Crippen molar-refractivity contribution in [3.8, 4) is 5.69 Å². The molecule has 0 saturated carbocycles. The molecule has 1 N–H and O–H groups in total. The van der Waals surface area contributed by atoms with E-state index >= 15 is 0 Å². The minimum Gasteiger partial charge on any atom is -0.355 e. The van der Waals surface area contributed by atoms with Crippen molar-refractivity contribution in [2.45, 2.75) is 19.8 Å². The summed E-state index contributed by atoms with van der Waals surface area (Å²) in [5.74, 6) is 1.65. The van der Waals surface area contributed by atoms with Crippen LogP contribution in [-0.4, -0.2) is 56.7 Å². The van der Waals surface area contributed by atoms with E-state index in [2.05, 4.69) is 25.3 Å². The molecule has 8 nitrogen and oxygen atoms in total. The van der Waals surface area contributed by atoms with Gasteiger partial charge in [-0.25, -0.2) is 9.67 Å². The van der Waals surface area contributed by atoms with Gasteiger partial charge in [-0.1, -0.05) is 25.1 Å². The van der Waals surface area contributed by atoms with Gasteiger partial charge < -0.3 is 15.1 Å². The minimum absolute atomic E-state index is 0.217. The van der Waals surface area contributed by atoms with Crippen molar-refractivity contribution in [3.63, 3.8) is 0 Å². The van der Waals surface area contributed by atoms with Crippen LogP contribution in [0.5, 0.6) is 0 Å². The average Bonchev–Trinajstić information content (AvgIpc) is 3.09. The van der Waals surface area contributed by atoms with Crippen LogP contribution in [0, 0.1) is 0 Å². The molecule has 0 atom stereocenters. The van der Waals surface area contributed by atoms with Crippen LogP contribution in [0.3, 0.4) is 0 Å².